The minimum absolute atomic E-state index is 0.0180. The topological polar surface area (TPSA) is 69.0 Å². The largest absolute Gasteiger partial charge is 0.484 e. The first-order valence-corrected chi connectivity index (χ1v) is 8.94. The maximum atomic E-state index is 12.1. The first kappa shape index (κ1) is 18.6. The Morgan fingerprint density at radius 3 is 2.63 bits per heavy atom. The molecule has 6 heteroatoms. The second-order valence-electron chi connectivity index (χ2n) is 6.71. The third-order valence-corrected chi connectivity index (χ3v) is 4.32. The van der Waals surface area contributed by atoms with E-state index in [1.807, 2.05) is 43.4 Å². The molecular weight excluding hydrogens is 340 g/mol. The highest BCUT2D eigenvalue weighted by Gasteiger charge is 2.07. The van der Waals surface area contributed by atoms with Crippen LogP contribution in [0.3, 0.4) is 0 Å². The monoisotopic (exact) mass is 364 g/mol. The summed E-state index contributed by atoms with van der Waals surface area (Å²) in [7, 11) is 1.88. The predicted octanol–water partition coefficient (Wildman–Crippen LogP) is 3.30. The van der Waals surface area contributed by atoms with Gasteiger partial charge in [-0.25, -0.2) is 0 Å². The van der Waals surface area contributed by atoms with E-state index in [9.17, 15) is 4.79 Å². The molecule has 140 valence electrons. The van der Waals surface area contributed by atoms with Gasteiger partial charge in [0, 0.05) is 37.7 Å². The third-order valence-electron chi connectivity index (χ3n) is 4.32. The Balaban J connectivity index is 1.51. The molecule has 2 aromatic heterocycles. The molecule has 1 amide bonds. The molecule has 2 heterocycles. The van der Waals surface area contributed by atoms with Gasteiger partial charge in [0.2, 0.25) is 0 Å². The molecule has 3 rings (SSSR count). The van der Waals surface area contributed by atoms with Crippen molar-refractivity contribution < 1.29 is 9.53 Å². The highest BCUT2D eigenvalue weighted by Crippen LogP contribution is 2.19. The van der Waals surface area contributed by atoms with Crippen LogP contribution < -0.4 is 10.1 Å². The number of aryl methyl sites for hydroxylation is 1. The molecule has 0 radical (unpaired) electrons. The number of nitrogens with one attached hydrogen (secondary N) is 1. The highest BCUT2D eigenvalue weighted by molar-refractivity contribution is 5.77. The van der Waals surface area contributed by atoms with Gasteiger partial charge in [0.25, 0.3) is 5.91 Å². The van der Waals surface area contributed by atoms with Gasteiger partial charge in [-0.1, -0.05) is 26.0 Å². The second kappa shape index (κ2) is 8.49. The number of hydrogen-bond donors (Lipinski definition) is 1. The zero-order valence-corrected chi connectivity index (χ0v) is 15.8. The molecule has 0 atom stereocenters. The fraction of sp³-hybridized carbons (Fsp3) is 0.286. The van der Waals surface area contributed by atoms with Gasteiger partial charge in [0.05, 0.1) is 5.69 Å². The molecule has 0 saturated heterocycles. The molecule has 0 aliphatic carbocycles. The van der Waals surface area contributed by atoms with Crippen LogP contribution in [0, 0.1) is 0 Å². The van der Waals surface area contributed by atoms with Crippen molar-refractivity contribution in [3.05, 3.63) is 66.1 Å². The summed E-state index contributed by atoms with van der Waals surface area (Å²) >= 11 is 0. The molecule has 0 saturated carbocycles. The summed E-state index contributed by atoms with van der Waals surface area (Å²) in [6.45, 7) is 4.66. The number of benzene rings is 1. The molecule has 0 bridgehead atoms. The number of ether oxygens (including phenoxy) is 1. The number of carbonyl (C=O) groups is 1. The van der Waals surface area contributed by atoms with Crippen molar-refractivity contribution in [1.82, 2.24) is 20.1 Å². The SMILES string of the molecule is CC(C)c1ccc(OCC(=O)NCc2cncc(-c3ccnn3C)c2)cc1. The minimum Gasteiger partial charge on any atom is -0.484 e. The van der Waals surface area contributed by atoms with Crippen LogP contribution in [0.5, 0.6) is 5.75 Å². The molecule has 6 nitrogen and oxygen atoms in total. The van der Waals surface area contributed by atoms with Crippen molar-refractivity contribution in [2.24, 2.45) is 7.05 Å². The van der Waals surface area contributed by atoms with Gasteiger partial charge >= 0.3 is 0 Å². The van der Waals surface area contributed by atoms with E-state index in [0.29, 0.717) is 18.2 Å². The summed E-state index contributed by atoms with van der Waals surface area (Å²) in [6, 6.07) is 11.8. The van der Waals surface area contributed by atoms with Gasteiger partial charge in [-0.3, -0.25) is 14.5 Å². The van der Waals surface area contributed by atoms with Crippen LogP contribution in [0.4, 0.5) is 0 Å². The summed E-state index contributed by atoms with van der Waals surface area (Å²) in [5.74, 6) is 0.987. The van der Waals surface area contributed by atoms with Crippen molar-refractivity contribution >= 4 is 5.91 Å². The van der Waals surface area contributed by atoms with Crippen molar-refractivity contribution in [2.75, 3.05) is 6.61 Å². The van der Waals surface area contributed by atoms with Crippen molar-refractivity contribution in [3.8, 4) is 17.0 Å². The zero-order chi connectivity index (χ0) is 19.2. The van der Waals surface area contributed by atoms with E-state index in [2.05, 4.69) is 29.2 Å². The van der Waals surface area contributed by atoms with Crippen molar-refractivity contribution in [3.63, 3.8) is 0 Å². The Bertz CT molecular complexity index is 901. The van der Waals surface area contributed by atoms with Crippen molar-refractivity contribution in [2.45, 2.75) is 26.3 Å². The predicted molar refractivity (Wildman–Crippen MR) is 104 cm³/mol. The lowest BCUT2D eigenvalue weighted by Crippen LogP contribution is -2.28. The molecule has 1 N–H and O–H groups in total. The fourth-order valence-corrected chi connectivity index (χ4v) is 2.73. The average molecular weight is 364 g/mol. The first-order valence-electron chi connectivity index (χ1n) is 8.94. The van der Waals surface area contributed by atoms with E-state index in [-0.39, 0.29) is 12.5 Å². The van der Waals surface area contributed by atoms with Crippen LogP contribution in [0.25, 0.3) is 11.3 Å². The molecule has 0 aliphatic rings. The van der Waals surface area contributed by atoms with E-state index in [4.69, 9.17) is 4.74 Å². The summed E-state index contributed by atoms with van der Waals surface area (Å²) in [5, 5.41) is 7.03. The number of pyridine rings is 1. The van der Waals surface area contributed by atoms with Gasteiger partial charge < -0.3 is 10.1 Å². The minimum atomic E-state index is -0.172. The molecule has 1 aromatic carbocycles. The molecule has 0 spiro atoms. The smallest absolute Gasteiger partial charge is 0.258 e. The molecule has 0 aliphatic heterocycles. The normalized spacial score (nSPS) is 10.8. The fourth-order valence-electron chi connectivity index (χ4n) is 2.73. The van der Waals surface area contributed by atoms with Crippen LogP contribution >= 0.6 is 0 Å². The Labute approximate surface area is 159 Å². The Morgan fingerprint density at radius 2 is 1.96 bits per heavy atom. The molecule has 27 heavy (non-hydrogen) atoms. The van der Waals surface area contributed by atoms with Crippen LogP contribution in [0.1, 0.15) is 30.9 Å². The summed E-state index contributed by atoms with van der Waals surface area (Å²) in [4.78, 5) is 16.3. The number of hydrogen-bond acceptors (Lipinski definition) is 4. The van der Waals surface area contributed by atoms with E-state index in [0.717, 1.165) is 16.8 Å². The zero-order valence-electron chi connectivity index (χ0n) is 15.8. The quantitative estimate of drug-likeness (QED) is 0.698. The second-order valence-corrected chi connectivity index (χ2v) is 6.71. The van der Waals surface area contributed by atoms with Crippen LogP contribution in [-0.2, 0) is 18.4 Å². The molecule has 0 unspecified atom stereocenters. The number of aromatic nitrogens is 3. The first-order chi connectivity index (χ1) is 13.0. The summed E-state index contributed by atoms with van der Waals surface area (Å²) in [5.41, 5.74) is 4.10. The summed E-state index contributed by atoms with van der Waals surface area (Å²) < 4.78 is 7.34. The number of amides is 1. The third kappa shape index (κ3) is 4.94. The lowest BCUT2D eigenvalue weighted by Gasteiger charge is -2.10. The van der Waals surface area contributed by atoms with Crippen molar-refractivity contribution in [1.29, 1.82) is 0 Å². The van der Waals surface area contributed by atoms with Gasteiger partial charge in [-0.2, -0.15) is 5.10 Å². The van der Waals surface area contributed by atoms with E-state index < -0.39 is 0 Å². The lowest BCUT2D eigenvalue weighted by atomic mass is 10.0. The van der Waals surface area contributed by atoms with Gasteiger partial charge in [-0.15, -0.1) is 0 Å². The maximum Gasteiger partial charge on any atom is 0.258 e. The Kier molecular flexibility index (Phi) is 5.86. The summed E-state index contributed by atoms with van der Waals surface area (Å²) in [6.07, 6.45) is 5.27. The van der Waals surface area contributed by atoms with Gasteiger partial charge in [0.1, 0.15) is 5.75 Å². The number of nitrogens with zero attached hydrogens (tertiary/aromatic N) is 3. The standard InChI is InChI=1S/C21H24N4O2/c1-15(2)17-4-6-19(7-5-17)27-14-21(26)23-12-16-10-18(13-22-11-16)20-8-9-24-25(20)3/h4-11,13,15H,12,14H2,1-3H3,(H,23,26). The van der Waals surface area contributed by atoms with E-state index in [1.165, 1.54) is 5.56 Å². The maximum absolute atomic E-state index is 12.1. The van der Waals surface area contributed by atoms with Gasteiger partial charge in [-0.05, 0) is 41.3 Å². The van der Waals surface area contributed by atoms with Crippen LogP contribution in [-0.4, -0.2) is 27.3 Å². The lowest BCUT2D eigenvalue weighted by molar-refractivity contribution is -0.123. The molecule has 0 fully saturated rings. The van der Waals surface area contributed by atoms with E-state index >= 15 is 0 Å². The highest BCUT2D eigenvalue weighted by atomic mass is 16.5. The van der Waals surface area contributed by atoms with Gasteiger partial charge in [0.15, 0.2) is 6.61 Å². The number of rotatable bonds is 7. The molecular formula is C21H24N4O2. The Hall–Kier alpha value is -3.15. The van der Waals surface area contributed by atoms with E-state index in [1.54, 1.807) is 23.3 Å². The van der Waals surface area contributed by atoms with Crippen LogP contribution in [0.15, 0.2) is 55.0 Å². The Morgan fingerprint density at radius 1 is 1.19 bits per heavy atom. The molecule has 3 aromatic rings. The van der Waals surface area contributed by atoms with Crippen LogP contribution in [0.2, 0.25) is 0 Å². The number of carbonyl (C=O) groups excluding carboxylic acids is 1. The average Bonchev–Trinajstić information content (AvgIpc) is 3.11.